The summed E-state index contributed by atoms with van der Waals surface area (Å²) in [6.45, 7) is 3.09. The number of hydrogen-bond acceptors (Lipinski definition) is 3. The summed E-state index contributed by atoms with van der Waals surface area (Å²) < 4.78 is 1.55. The minimum atomic E-state index is -0.336. The van der Waals surface area contributed by atoms with Gasteiger partial charge in [0.25, 0.3) is 11.5 Å². The number of pyridine rings is 2. The van der Waals surface area contributed by atoms with Crippen LogP contribution in [-0.4, -0.2) is 22.0 Å². The highest BCUT2D eigenvalue weighted by Gasteiger charge is 2.16. The van der Waals surface area contributed by atoms with E-state index in [2.05, 4.69) is 17.2 Å². The van der Waals surface area contributed by atoms with Crippen LogP contribution < -0.4 is 10.9 Å². The van der Waals surface area contributed by atoms with Gasteiger partial charge in [0, 0.05) is 23.2 Å². The molecule has 0 aliphatic heterocycles. The zero-order chi connectivity index (χ0) is 21.3. The largest absolute Gasteiger partial charge is 0.352 e. The Morgan fingerprint density at radius 1 is 1.07 bits per heavy atom. The first-order valence-electron chi connectivity index (χ1n) is 10.6. The van der Waals surface area contributed by atoms with Crippen LogP contribution in [-0.2, 0) is 6.54 Å². The monoisotopic (exact) mass is 425 g/mol. The zero-order valence-corrected chi connectivity index (χ0v) is 18.1. The Hall–Kier alpha value is -2.66. The average Bonchev–Trinajstić information content (AvgIpc) is 2.76. The van der Waals surface area contributed by atoms with E-state index in [0.717, 1.165) is 23.8 Å². The van der Waals surface area contributed by atoms with E-state index in [0.29, 0.717) is 23.8 Å². The first-order valence-corrected chi connectivity index (χ1v) is 11.0. The number of unbranched alkanes of at least 4 members (excludes halogenated alkanes) is 5. The molecule has 0 fully saturated rings. The van der Waals surface area contributed by atoms with E-state index in [9.17, 15) is 9.59 Å². The van der Waals surface area contributed by atoms with E-state index in [-0.39, 0.29) is 17.0 Å². The molecular formula is C24H28ClN3O2. The zero-order valence-electron chi connectivity index (χ0n) is 17.4. The Morgan fingerprint density at radius 3 is 2.57 bits per heavy atom. The lowest BCUT2D eigenvalue weighted by Gasteiger charge is -2.12. The molecule has 0 aliphatic carbocycles. The summed E-state index contributed by atoms with van der Waals surface area (Å²) in [6, 6.07) is 12.6. The van der Waals surface area contributed by atoms with Gasteiger partial charge >= 0.3 is 0 Å². The van der Waals surface area contributed by atoms with Crippen LogP contribution in [0.1, 0.15) is 61.4 Å². The summed E-state index contributed by atoms with van der Waals surface area (Å²) in [5.41, 5.74) is 1.29. The fourth-order valence-corrected chi connectivity index (χ4v) is 3.62. The van der Waals surface area contributed by atoms with Crippen molar-refractivity contribution < 1.29 is 4.79 Å². The highest BCUT2D eigenvalue weighted by Crippen LogP contribution is 2.15. The molecule has 3 aromatic rings. The van der Waals surface area contributed by atoms with Crippen molar-refractivity contribution in [2.45, 2.75) is 52.0 Å². The first kappa shape index (κ1) is 22.0. The second-order valence-electron chi connectivity index (χ2n) is 7.52. The van der Waals surface area contributed by atoms with E-state index in [4.69, 9.17) is 11.6 Å². The summed E-state index contributed by atoms with van der Waals surface area (Å²) in [6.07, 6.45) is 8.54. The molecule has 2 heterocycles. The number of fused-ring (bicyclic) bond motifs is 1. The fraction of sp³-hybridized carbons (Fsp3) is 0.375. The van der Waals surface area contributed by atoms with Gasteiger partial charge in [-0.25, -0.2) is 4.98 Å². The molecule has 30 heavy (non-hydrogen) atoms. The number of hydrogen-bond donors (Lipinski definition) is 1. The van der Waals surface area contributed by atoms with Crippen molar-refractivity contribution in [1.29, 1.82) is 0 Å². The highest BCUT2D eigenvalue weighted by atomic mass is 35.5. The molecular weight excluding hydrogens is 398 g/mol. The van der Waals surface area contributed by atoms with E-state index >= 15 is 0 Å². The van der Waals surface area contributed by atoms with Crippen LogP contribution in [0.4, 0.5) is 0 Å². The molecule has 1 N–H and O–H groups in total. The Balaban J connectivity index is 1.78. The maximum Gasteiger partial charge on any atom is 0.265 e. The molecule has 1 aromatic carbocycles. The number of carbonyl (C=O) groups is 1. The number of nitrogens with one attached hydrogen (secondary N) is 1. The molecule has 0 atom stereocenters. The summed E-state index contributed by atoms with van der Waals surface area (Å²) in [4.78, 5) is 30.2. The minimum Gasteiger partial charge on any atom is -0.352 e. The SMILES string of the molecule is CCCCCCCCNC(=O)c1cc2cccnc2n(Cc2ccc(Cl)cc2)c1=O. The number of halogens is 1. The first-order chi connectivity index (χ1) is 14.6. The van der Waals surface area contributed by atoms with Gasteiger partial charge in [0.2, 0.25) is 0 Å². The average molecular weight is 426 g/mol. The number of aromatic nitrogens is 2. The lowest BCUT2D eigenvalue weighted by Crippen LogP contribution is -2.34. The van der Waals surface area contributed by atoms with Gasteiger partial charge in [0.15, 0.2) is 0 Å². The maximum atomic E-state index is 13.1. The number of amides is 1. The van der Waals surface area contributed by atoms with Gasteiger partial charge in [-0.15, -0.1) is 0 Å². The molecule has 0 saturated carbocycles. The normalized spacial score (nSPS) is 11.0. The summed E-state index contributed by atoms with van der Waals surface area (Å²) >= 11 is 5.97. The van der Waals surface area contributed by atoms with Crippen LogP contribution in [0.3, 0.4) is 0 Å². The summed E-state index contributed by atoms with van der Waals surface area (Å²) in [5, 5.41) is 4.30. The second kappa shape index (κ2) is 10.9. The van der Waals surface area contributed by atoms with E-state index in [1.54, 1.807) is 35.0 Å². The third-order valence-electron chi connectivity index (χ3n) is 5.16. The summed E-state index contributed by atoms with van der Waals surface area (Å²) in [7, 11) is 0. The minimum absolute atomic E-state index is 0.149. The van der Waals surface area contributed by atoms with Crippen LogP contribution in [0.15, 0.2) is 53.5 Å². The molecule has 3 rings (SSSR count). The molecule has 0 saturated heterocycles. The Kier molecular flexibility index (Phi) is 8.03. The van der Waals surface area contributed by atoms with Gasteiger partial charge in [-0.3, -0.25) is 14.2 Å². The molecule has 0 bridgehead atoms. The number of benzene rings is 1. The molecule has 0 spiro atoms. The second-order valence-corrected chi connectivity index (χ2v) is 7.95. The fourth-order valence-electron chi connectivity index (χ4n) is 3.49. The third kappa shape index (κ3) is 5.70. The molecule has 1 amide bonds. The van der Waals surface area contributed by atoms with Crippen molar-refractivity contribution >= 4 is 28.5 Å². The van der Waals surface area contributed by atoms with Crippen molar-refractivity contribution in [2.75, 3.05) is 6.54 Å². The van der Waals surface area contributed by atoms with Gasteiger partial charge in [-0.1, -0.05) is 62.8 Å². The predicted octanol–water partition coefficient (Wildman–Crippen LogP) is 5.19. The molecule has 158 valence electrons. The van der Waals surface area contributed by atoms with Gasteiger partial charge in [0.1, 0.15) is 11.2 Å². The predicted molar refractivity (Wildman–Crippen MR) is 122 cm³/mol. The van der Waals surface area contributed by atoms with E-state index in [1.165, 1.54) is 25.7 Å². The Labute approximate surface area is 182 Å². The lowest BCUT2D eigenvalue weighted by atomic mass is 10.1. The van der Waals surface area contributed by atoms with E-state index in [1.807, 2.05) is 18.2 Å². The van der Waals surface area contributed by atoms with Crippen LogP contribution in [0.2, 0.25) is 5.02 Å². The Morgan fingerprint density at radius 2 is 1.80 bits per heavy atom. The van der Waals surface area contributed by atoms with Crippen molar-refractivity contribution in [3.63, 3.8) is 0 Å². The molecule has 0 aliphatic rings. The lowest BCUT2D eigenvalue weighted by molar-refractivity contribution is 0.0951. The van der Waals surface area contributed by atoms with Gasteiger partial charge in [-0.2, -0.15) is 0 Å². The van der Waals surface area contributed by atoms with Crippen LogP contribution in [0.5, 0.6) is 0 Å². The highest BCUT2D eigenvalue weighted by molar-refractivity contribution is 6.30. The smallest absolute Gasteiger partial charge is 0.265 e. The van der Waals surface area contributed by atoms with Crippen molar-refractivity contribution in [2.24, 2.45) is 0 Å². The van der Waals surface area contributed by atoms with Gasteiger partial charge < -0.3 is 5.32 Å². The number of carbonyl (C=O) groups excluding carboxylic acids is 1. The van der Waals surface area contributed by atoms with Crippen LogP contribution in [0, 0.1) is 0 Å². The molecule has 0 unspecified atom stereocenters. The third-order valence-corrected chi connectivity index (χ3v) is 5.41. The standard InChI is InChI=1S/C24H28ClN3O2/c1-2-3-4-5-6-7-14-27-23(29)21-16-19-9-8-15-26-22(19)28(24(21)30)17-18-10-12-20(25)13-11-18/h8-13,15-16H,2-7,14,17H2,1H3,(H,27,29). The van der Waals surface area contributed by atoms with Crippen molar-refractivity contribution in [3.05, 3.63) is 75.2 Å². The van der Waals surface area contributed by atoms with Crippen molar-refractivity contribution in [1.82, 2.24) is 14.9 Å². The maximum absolute atomic E-state index is 13.1. The molecule has 0 radical (unpaired) electrons. The van der Waals surface area contributed by atoms with Gasteiger partial charge in [-0.05, 0) is 42.3 Å². The van der Waals surface area contributed by atoms with E-state index < -0.39 is 0 Å². The molecule has 6 heteroatoms. The number of rotatable bonds is 10. The molecule has 5 nitrogen and oxygen atoms in total. The van der Waals surface area contributed by atoms with Crippen LogP contribution in [0.25, 0.3) is 11.0 Å². The quantitative estimate of drug-likeness (QED) is 0.454. The molecule has 2 aromatic heterocycles. The Bertz CT molecular complexity index is 1040. The van der Waals surface area contributed by atoms with Crippen molar-refractivity contribution in [3.8, 4) is 0 Å². The van der Waals surface area contributed by atoms with Crippen LogP contribution >= 0.6 is 11.6 Å². The number of nitrogens with zero attached hydrogens (tertiary/aromatic N) is 2. The van der Waals surface area contributed by atoms with Gasteiger partial charge in [0.05, 0.1) is 6.54 Å². The summed E-state index contributed by atoms with van der Waals surface area (Å²) in [5.74, 6) is -0.329. The topological polar surface area (TPSA) is 64.0 Å².